The Balaban J connectivity index is 2.18. The lowest BCUT2D eigenvalue weighted by atomic mass is 10.1. The maximum absolute atomic E-state index is 12.3. The first-order valence-electron chi connectivity index (χ1n) is 7.52. The van der Waals surface area contributed by atoms with Crippen molar-refractivity contribution in [2.75, 3.05) is 5.32 Å². The van der Waals surface area contributed by atoms with Gasteiger partial charge in [-0.15, -0.1) is 0 Å². The average molecular weight is 351 g/mol. The summed E-state index contributed by atoms with van der Waals surface area (Å²) in [6, 6.07) is 4.72. The number of aromatic nitrogens is 2. The van der Waals surface area contributed by atoms with E-state index in [0.29, 0.717) is 22.6 Å². The second-order valence-corrected chi connectivity index (χ2v) is 6.24. The molecule has 0 saturated carbocycles. The van der Waals surface area contributed by atoms with Crippen molar-refractivity contribution in [1.29, 1.82) is 0 Å². The number of aryl methyl sites for hydroxylation is 1. The fourth-order valence-electron chi connectivity index (χ4n) is 1.99. The minimum absolute atomic E-state index is 0.0529. The Morgan fingerprint density at radius 2 is 1.96 bits per heavy atom. The molecule has 2 heterocycles. The van der Waals surface area contributed by atoms with Crippen LogP contribution in [0.3, 0.4) is 0 Å². The topological polar surface area (TPSA) is 73.3 Å². The lowest BCUT2D eigenvalue weighted by Gasteiger charge is -2.20. The summed E-state index contributed by atoms with van der Waals surface area (Å²) in [6.45, 7) is 4.09. The third kappa shape index (κ3) is 5.66. The van der Waals surface area contributed by atoms with Gasteiger partial charge < -0.3 is 9.47 Å². The molecule has 6 nitrogen and oxygen atoms in total. The minimum atomic E-state index is -2.92. The maximum Gasteiger partial charge on any atom is 0.412 e. The molecule has 2 aromatic rings. The van der Waals surface area contributed by atoms with E-state index in [-0.39, 0.29) is 5.75 Å². The Morgan fingerprint density at radius 1 is 1.24 bits per heavy atom. The number of carbonyl (C=O) groups is 1. The van der Waals surface area contributed by atoms with Gasteiger partial charge in [-0.05, 0) is 45.9 Å². The summed E-state index contributed by atoms with van der Waals surface area (Å²) < 4.78 is 34.1. The van der Waals surface area contributed by atoms with Gasteiger partial charge in [-0.1, -0.05) is 0 Å². The predicted molar refractivity (Wildman–Crippen MR) is 88.7 cm³/mol. The zero-order valence-corrected chi connectivity index (χ0v) is 14.3. The molecular formula is C17H19F2N3O3. The Kier molecular flexibility index (Phi) is 5.51. The van der Waals surface area contributed by atoms with E-state index in [1.54, 1.807) is 39.8 Å². The maximum atomic E-state index is 12.3. The van der Waals surface area contributed by atoms with Gasteiger partial charge in [0.05, 0.1) is 23.3 Å². The molecule has 0 bridgehead atoms. The molecule has 134 valence electrons. The number of carbonyl (C=O) groups excluding carboxylic acids is 1. The number of alkyl halides is 2. The number of hydrogen-bond donors (Lipinski definition) is 1. The molecule has 0 radical (unpaired) electrons. The number of nitrogens with one attached hydrogen (secondary N) is 1. The molecule has 1 N–H and O–H groups in total. The number of amides is 1. The van der Waals surface area contributed by atoms with E-state index >= 15 is 0 Å². The molecular weight excluding hydrogens is 332 g/mol. The van der Waals surface area contributed by atoms with Gasteiger partial charge in [0.25, 0.3) is 0 Å². The zero-order chi connectivity index (χ0) is 18.6. The Labute approximate surface area is 144 Å². The number of rotatable bonds is 4. The van der Waals surface area contributed by atoms with E-state index in [2.05, 4.69) is 20.0 Å². The zero-order valence-electron chi connectivity index (χ0n) is 14.3. The molecule has 0 aromatic carbocycles. The van der Waals surface area contributed by atoms with Crippen molar-refractivity contribution in [3.05, 3.63) is 36.3 Å². The molecule has 0 atom stereocenters. The van der Waals surface area contributed by atoms with Crippen LogP contribution in [0.15, 0.2) is 30.6 Å². The fraction of sp³-hybridized carbons (Fsp3) is 0.353. The number of nitrogens with zero attached hydrogens (tertiary/aromatic N) is 2. The van der Waals surface area contributed by atoms with Crippen molar-refractivity contribution in [3.63, 3.8) is 0 Å². The van der Waals surface area contributed by atoms with Gasteiger partial charge in [-0.2, -0.15) is 8.78 Å². The molecule has 0 saturated heterocycles. The lowest BCUT2D eigenvalue weighted by molar-refractivity contribution is -0.0500. The van der Waals surface area contributed by atoms with Crippen LogP contribution in [0, 0.1) is 6.92 Å². The third-order valence-corrected chi connectivity index (χ3v) is 2.96. The van der Waals surface area contributed by atoms with E-state index in [4.69, 9.17) is 4.74 Å². The van der Waals surface area contributed by atoms with Gasteiger partial charge in [0, 0.05) is 11.8 Å². The molecule has 0 aliphatic carbocycles. The van der Waals surface area contributed by atoms with Gasteiger partial charge in [0.1, 0.15) is 11.4 Å². The normalized spacial score (nSPS) is 11.3. The van der Waals surface area contributed by atoms with Gasteiger partial charge in [0.2, 0.25) is 0 Å². The van der Waals surface area contributed by atoms with Gasteiger partial charge in [-0.25, -0.2) is 4.79 Å². The van der Waals surface area contributed by atoms with Crippen LogP contribution in [0.4, 0.5) is 19.3 Å². The average Bonchev–Trinajstić information content (AvgIpc) is 2.47. The highest BCUT2D eigenvalue weighted by Crippen LogP contribution is 2.25. The SMILES string of the molecule is Cc1nc(-c2cncc(OC(F)F)c2)ccc1NC(=O)OC(C)(C)C. The smallest absolute Gasteiger partial charge is 0.412 e. The third-order valence-electron chi connectivity index (χ3n) is 2.96. The van der Waals surface area contributed by atoms with Crippen molar-refractivity contribution >= 4 is 11.8 Å². The summed E-state index contributed by atoms with van der Waals surface area (Å²) >= 11 is 0. The van der Waals surface area contributed by atoms with E-state index in [1.165, 1.54) is 18.5 Å². The first kappa shape index (κ1) is 18.6. The fourth-order valence-corrected chi connectivity index (χ4v) is 1.99. The highest BCUT2D eigenvalue weighted by molar-refractivity contribution is 5.85. The number of ether oxygens (including phenoxy) is 2. The summed E-state index contributed by atoms with van der Waals surface area (Å²) in [5.74, 6) is -0.0529. The Hall–Kier alpha value is -2.77. The largest absolute Gasteiger partial charge is 0.444 e. The van der Waals surface area contributed by atoms with Crippen LogP contribution in [0.2, 0.25) is 0 Å². The molecule has 0 unspecified atom stereocenters. The lowest BCUT2D eigenvalue weighted by Crippen LogP contribution is -2.27. The highest BCUT2D eigenvalue weighted by Gasteiger charge is 2.17. The van der Waals surface area contributed by atoms with Crippen LogP contribution in [-0.2, 0) is 4.74 Å². The summed E-state index contributed by atoms with van der Waals surface area (Å²) in [5, 5.41) is 2.62. The van der Waals surface area contributed by atoms with Crippen LogP contribution in [0.1, 0.15) is 26.5 Å². The van der Waals surface area contributed by atoms with Crippen molar-refractivity contribution in [2.24, 2.45) is 0 Å². The highest BCUT2D eigenvalue weighted by atomic mass is 19.3. The first-order chi connectivity index (χ1) is 11.6. The molecule has 0 aliphatic rings. The van der Waals surface area contributed by atoms with E-state index in [0.717, 1.165) is 0 Å². The molecule has 1 amide bonds. The number of pyridine rings is 2. The van der Waals surface area contributed by atoms with Crippen LogP contribution in [0.5, 0.6) is 5.75 Å². The van der Waals surface area contributed by atoms with Crippen molar-refractivity contribution < 1.29 is 23.0 Å². The molecule has 0 spiro atoms. The van der Waals surface area contributed by atoms with E-state index < -0.39 is 18.3 Å². The monoisotopic (exact) mass is 351 g/mol. The van der Waals surface area contributed by atoms with Crippen molar-refractivity contribution in [3.8, 4) is 17.0 Å². The van der Waals surface area contributed by atoms with Crippen LogP contribution >= 0.6 is 0 Å². The molecule has 2 rings (SSSR count). The van der Waals surface area contributed by atoms with E-state index in [9.17, 15) is 13.6 Å². The predicted octanol–water partition coefficient (Wildman–Crippen LogP) is 4.40. The quantitative estimate of drug-likeness (QED) is 0.884. The second kappa shape index (κ2) is 7.42. The number of hydrogen-bond acceptors (Lipinski definition) is 5. The van der Waals surface area contributed by atoms with E-state index in [1.807, 2.05) is 0 Å². The summed E-state index contributed by atoms with van der Waals surface area (Å²) in [5.41, 5.74) is 1.46. The van der Waals surface area contributed by atoms with Crippen LogP contribution in [-0.4, -0.2) is 28.3 Å². The van der Waals surface area contributed by atoms with Crippen LogP contribution in [0.25, 0.3) is 11.3 Å². The molecule has 25 heavy (non-hydrogen) atoms. The van der Waals surface area contributed by atoms with Gasteiger partial charge >= 0.3 is 12.7 Å². The van der Waals surface area contributed by atoms with Crippen LogP contribution < -0.4 is 10.1 Å². The molecule has 2 aromatic heterocycles. The summed E-state index contributed by atoms with van der Waals surface area (Å²) in [7, 11) is 0. The summed E-state index contributed by atoms with van der Waals surface area (Å²) in [4.78, 5) is 20.1. The van der Waals surface area contributed by atoms with Crippen molar-refractivity contribution in [1.82, 2.24) is 9.97 Å². The minimum Gasteiger partial charge on any atom is -0.444 e. The van der Waals surface area contributed by atoms with Crippen molar-refractivity contribution in [2.45, 2.75) is 39.9 Å². The second-order valence-electron chi connectivity index (χ2n) is 6.24. The molecule has 0 fully saturated rings. The van der Waals surface area contributed by atoms with Gasteiger partial charge in [-0.3, -0.25) is 15.3 Å². The molecule has 0 aliphatic heterocycles. The Bertz CT molecular complexity index is 761. The van der Waals surface area contributed by atoms with Gasteiger partial charge in [0.15, 0.2) is 0 Å². The standard InChI is InChI=1S/C17H19F2N3O3/c1-10-13(22-16(23)25-17(2,3)4)5-6-14(21-10)11-7-12(9-20-8-11)24-15(18)19/h5-9,15H,1-4H3,(H,22,23). The summed E-state index contributed by atoms with van der Waals surface area (Å²) in [6.07, 6.45) is 2.10. The number of anilines is 1. The first-order valence-corrected chi connectivity index (χ1v) is 7.52. The Morgan fingerprint density at radius 3 is 2.56 bits per heavy atom. The molecule has 8 heteroatoms. The number of halogens is 2.